The standard InChI is InChI=1S/C20H16FN3O3/c1-27-20(26)13-6-9-15(10-7-13)23-18-11-8-14(12-22-18)19(25)24-17-5-3-2-4-16(17)21/h2-12H,1H3,(H,22,23)(H,24,25). The van der Waals surface area contributed by atoms with Crippen LogP contribution in [0.25, 0.3) is 0 Å². The van der Waals surface area contributed by atoms with Gasteiger partial charge in [0.05, 0.1) is 23.9 Å². The van der Waals surface area contributed by atoms with Crippen LogP contribution in [0.5, 0.6) is 0 Å². The average Bonchev–Trinajstić information content (AvgIpc) is 2.70. The molecule has 0 saturated heterocycles. The summed E-state index contributed by atoms with van der Waals surface area (Å²) in [5.41, 5.74) is 1.56. The van der Waals surface area contributed by atoms with Crippen molar-refractivity contribution in [1.29, 1.82) is 0 Å². The Morgan fingerprint density at radius 2 is 1.67 bits per heavy atom. The van der Waals surface area contributed by atoms with Crippen LogP contribution in [0, 0.1) is 5.82 Å². The fourth-order valence-electron chi connectivity index (χ4n) is 2.31. The van der Waals surface area contributed by atoms with Crippen LogP contribution in [0.3, 0.4) is 0 Å². The number of hydrogen-bond donors (Lipinski definition) is 2. The molecular weight excluding hydrogens is 349 g/mol. The van der Waals surface area contributed by atoms with E-state index in [2.05, 4.69) is 20.4 Å². The van der Waals surface area contributed by atoms with Gasteiger partial charge in [0, 0.05) is 11.9 Å². The Morgan fingerprint density at radius 3 is 2.30 bits per heavy atom. The highest BCUT2D eigenvalue weighted by molar-refractivity contribution is 6.04. The van der Waals surface area contributed by atoms with Crippen LogP contribution < -0.4 is 10.6 Å². The lowest BCUT2D eigenvalue weighted by molar-refractivity contribution is 0.0600. The van der Waals surface area contributed by atoms with Crippen molar-refractivity contribution in [3.05, 3.63) is 83.8 Å². The minimum Gasteiger partial charge on any atom is -0.465 e. The van der Waals surface area contributed by atoms with Gasteiger partial charge < -0.3 is 15.4 Å². The zero-order valence-electron chi connectivity index (χ0n) is 14.4. The molecule has 0 bridgehead atoms. The second-order valence-electron chi connectivity index (χ2n) is 5.56. The summed E-state index contributed by atoms with van der Waals surface area (Å²) >= 11 is 0. The number of rotatable bonds is 5. The molecule has 0 atom stereocenters. The number of anilines is 3. The minimum atomic E-state index is -0.507. The van der Waals surface area contributed by atoms with E-state index in [4.69, 9.17) is 0 Å². The van der Waals surface area contributed by atoms with Crippen molar-refractivity contribution in [2.45, 2.75) is 0 Å². The normalized spacial score (nSPS) is 10.1. The van der Waals surface area contributed by atoms with Gasteiger partial charge in [-0.15, -0.1) is 0 Å². The molecule has 0 radical (unpaired) electrons. The Hall–Kier alpha value is -3.74. The Labute approximate surface area is 155 Å². The van der Waals surface area contributed by atoms with E-state index in [1.54, 1.807) is 48.5 Å². The van der Waals surface area contributed by atoms with Gasteiger partial charge in [0.1, 0.15) is 11.6 Å². The van der Waals surface area contributed by atoms with Gasteiger partial charge in [-0.25, -0.2) is 14.2 Å². The first-order chi connectivity index (χ1) is 13.1. The maximum absolute atomic E-state index is 13.6. The summed E-state index contributed by atoms with van der Waals surface area (Å²) in [7, 11) is 1.32. The highest BCUT2D eigenvalue weighted by atomic mass is 19.1. The third kappa shape index (κ3) is 4.46. The van der Waals surface area contributed by atoms with Crippen LogP contribution in [0.2, 0.25) is 0 Å². The van der Waals surface area contributed by atoms with Crippen LogP contribution in [0.4, 0.5) is 21.6 Å². The van der Waals surface area contributed by atoms with Crippen molar-refractivity contribution in [1.82, 2.24) is 4.98 Å². The molecule has 0 aliphatic rings. The zero-order chi connectivity index (χ0) is 19.2. The maximum Gasteiger partial charge on any atom is 0.337 e. The highest BCUT2D eigenvalue weighted by Crippen LogP contribution is 2.17. The van der Waals surface area contributed by atoms with E-state index in [-0.39, 0.29) is 5.69 Å². The molecule has 1 heterocycles. The van der Waals surface area contributed by atoms with Gasteiger partial charge in [-0.05, 0) is 48.5 Å². The molecule has 3 aromatic rings. The van der Waals surface area contributed by atoms with Gasteiger partial charge in [-0.3, -0.25) is 4.79 Å². The molecule has 0 unspecified atom stereocenters. The number of nitrogens with zero attached hydrogens (tertiary/aromatic N) is 1. The molecule has 0 aliphatic heterocycles. The van der Waals surface area contributed by atoms with Gasteiger partial charge in [0.2, 0.25) is 0 Å². The predicted octanol–water partition coefficient (Wildman–Crippen LogP) is 4.00. The molecule has 27 heavy (non-hydrogen) atoms. The Bertz CT molecular complexity index is 957. The first-order valence-corrected chi connectivity index (χ1v) is 8.04. The van der Waals surface area contributed by atoms with Crippen LogP contribution in [-0.2, 0) is 4.74 Å². The van der Waals surface area contributed by atoms with E-state index in [1.165, 1.54) is 25.4 Å². The molecule has 6 nitrogen and oxygen atoms in total. The fraction of sp³-hybridized carbons (Fsp3) is 0.0500. The minimum absolute atomic E-state index is 0.107. The number of hydrogen-bond acceptors (Lipinski definition) is 5. The van der Waals surface area contributed by atoms with E-state index in [0.717, 1.165) is 5.69 Å². The van der Waals surface area contributed by atoms with E-state index < -0.39 is 17.7 Å². The van der Waals surface area contributed by atoms with E-state index in [1.807, 2.05) is 0 Å². The molecule has 2 N–H and O–H groups in total. The molecule has 0 saturated carbocycles. The zero-order valence-corrected chi connectivity index (χ0v) is 14.4. The number of pyridine rings is 1. The quantitative estimate of drug-likeness (QED) is 0.668. The predicted molar refractivity (Wildman–Crippen MR) is 99.7 cm³/mol. The van der Waals surface area contributed by atoms with Crippen molar-refractivity contribution >= 4 is 29.1 Å². The summed E-state index contributed by atoms with van der Waals surface area (Å²) in [6.07, 6.45) is 1.39. The van der Waals surface area contributed by atoms with Gasteiger partial charge >= 0.3 is 5.97 Å². The number of carbonyl (C=O) groups excluding carboxylic acids is 2. The summed E-state index contributed by atoms with van der Waals surface area (Å²) < 4.78 is 18.3. The molecule has 3 rings (SSSR count). The molecule has 1 amide bonds. The third-order valence-corrected chi connectivity index (χ3v) is 3.73. The Kier molecular flexibility index (Phi) is 5.41. The van der Waals surface area contributed by atoms with Crippen molar-refractivity contribution in [2.24, 2.45) is 0 Å². The molecule has 0 aliphatic carbocycles. The smallest absolute Gasteiger partial charge is 0.337 e. The van der Waals surface area contributed by atoms with Gasteiger partial charge in [-0.2, -0.15) is 0 Å². The molecule has 136 valence electrons. The third-order valence-electron chi connectivity index (χ3n) is 3.73. The van der Waals surface area contributed by atoms with Gasteiger partial charge in [0.25, 0.3) is 5.91 Å². The molecular formula is C20H16FN3O3. The van der Waals surface area contributed by atoms with Crippen LogP contribution in [-0.4, -0.2) is 24.0 Å². The number of aromatic nitrogens is 1. The van der Waals surface area contributed by atoms with E-state index in [9.17, 15) is 14.0 Å². The topological polar surface area (TPSA) is 80.3 Å². The number of ether oxygens (including phenoxy) is 1. The molecule has 2 aromatic carbocycles. The Morgan fingerprint density at radius 1 is 0.963 bits per heavy atom. The lowest BCUT2D eigenvalue weighted by Crippen LogP contribution is -2.13. The van der Waals surface area contributed by atoms with Gasteiger partial charge in [-0.1, -0.05) is 12.1 Å². The van der Waals surface area contributed by atoms with E-state index in [0.29, 0.717) is 16.9 Å². The number of halogens is 1. The SMILES string of the molecule is COC(=O)c1ccc(Nc2ccc(C(=O)Nc3ccccc3F)cn2)cc1. The van der Waals surface area contributed by atoms with Crippen LogP contribution >= 0.6 is 0 Å². The van der Waals surface area contributed by atoms with Crippen molar-refractivity contribution in [3.8, 4) is 0 Å². The molecule has 7 heteroatoms. The fourth-order valence-corrected chi connectivity index (χ4v) is 2.31. The largest absolute Gasteiger partial charge is 0.465 e. The monoisotopic (exact) mass is 365 g/mol. The van der Waals surface area contributed by atoms with Crippen LogP contribution in [0.15, 0.2) is 66.9 Å². The number of methoxy groups -OCH3 is 1. The Balaban J connectivity index is 1.65. The summed E-state index contributed by atoms with van der Waals surface area (Å²) in [5, 5.41) is 5.56. The number of esters is 1. The van der Waals surface area contributed by atoms with Crippen molar-refractivity contribution in [2.75, 3.05) is 17.7 Å². The molecule has 0 spiro atoms. The van der Waals surface area contributed by atoms with Crippen molar-refractivity contribution < 1.29 is 18.7 Å². The van der Waals surface area contributed by atoms with Gasteiger partial charge in [0.15, 0.2) is 0 Å². The maximum atomic E-state index is 13.6. The first-order valence-electron chi connectivity index (χ1n) is 8.04. The number of carbonyl (C=O) groups is 2. The second-order valence-corrected chi connectivity index (χ2v) is 5.56. The summed E-state index contributed by atoms with van der Waals surface area (Å²) in [6.45, 7) is 0. The summed E-state index contributed by atoms with van der Waals surface area (Å²) in [6, 6.07) is 15.8. The lowest BCUT2D eigenvalue weighted by atomic mass is 10.2. The average molecular weight is 365 g/mol. The summed E-state index contributed by atoms with van der Waals surface area (Å²) in [5.74, 6) is -0.859. The first kappa shape index (κ1) is 18.1. The number of nitrogens with one attached hydrogen (secondary N) is 2. The lowest BCUT2D eigenvalue weighted by Gasteiger charge is -2.08. The highest BCUT2D eigenvalue weighted by Gasteiger charge is 2.10. The van der Waals surface area contributed by atoms with Crippen molar-refractivity contribution in [3.63, 3.8) is 0 Å². The number of amides is 1. The number of para-hydroxylation sites is 1. The summed E-state index contributed by atoms with van der Waals surface area (Å²) in [4.78, 5) is 27.8. The number of benzene rings is 2. The molecule has 0 fully saturated rings. The van der Waals surface area contributed by atoms with Crippen LogP contribution in [0.1, 0.15) is 20.7 Å². The second kappa shape index (κ2) is 8.09. The van der Waals surface area contributed by atoms with E-state index >= 15 is 0 Å². The molecule has 1 aromatic heterocycles.